The number of rotatable bonds is 5. The van der Waals surface area contributed by atoms with Gasteiger partial charge in [-0.1, -0.05) is 29.8 Å². The Morgan fingerprint density at radius 2 is 1.89 bits per heavy atom. The SMILES string of the molecule is CC(C)(C(=O)NS(=O)(=O)c1cccc(-n2cnnn2)c1)c1cccc(Cl)c1. The van der Waals surface area contributed by atoms with Gasteiger partial charge in [0.25, 0.3) is 10.0 Å². The van der Waals surface area contributed by atoms with Gasteiger partial charge >= 0.3 is 0 Å². The van der Waals surface area contributed by atoms with Crippen molar-refractivity contribution in [2.45, 2.75) is 24.2 Å². The Labute approximate surface area is 161 Å². The maximum Gasteiger partial charge on any atom is 0.264 e. The molecule has 27 heavy (non-hydrogen) atoms. The van der Waals surface area contributed by atoms with Crippen molar-refractivity contribution >= 4 is 27.5 Å². The predicted octanol–water partition coefficient (Wildman–Crippen LogP) is 2.10. The molecule has 3 aromatic rings. The van der Waals surface area contributed by atoms with E-state index in [-0.39, 0.29) is 4.90 Å². The van der Waals surface area contributed by atoms with E-state index in [9.17, 15) is 13.2 Å². The summed E-state index contributed by atoms with van der Waals surface area (Å²) in [5.74, 6) is -0.669. The van der Waals surface area contributed by atoms with Gasteiger partial charge in [0.05, 0.1) is 16.0 Å². The van der Waals surface area contributed by atoms with Crippen molar-refractivity contribution in [3.05, 3.63) is 65.4 Å². The van der Waals surface area contributed by atoms with Crippen LogP contribution in [0, 0.1) is 0 Å². The molecule has 1 amide bonds. The number of tetrazole rings is 1. The van der Waals surface area contributed by atoms with Gasteiger partial charge in [-0.05, 0) is 60.2 Å². The summed E-state index contributed by atoms with van der Waals surface area (Å²) in [5, 5.41) is 11.2. The standard InChI is InChI=1S/C17H16ClN5O3S/c1-17(2,12-5-3-6-13(18)9-12)16(24)20-27(25,26)15-8-4-7-14(10-15)23-11-19-21-22-23/h3-11H,1-2H3,(H,20,24). The lowest BCUT2D eigenvalue weighted by atomic mass is 9.84. The van der Waals surface area contributed by atoms with Crippen LogP contribution in [-0.2, 0) is 20.2 Å². The van der Waals surface area contributed by atoms with E-state index >= 15 is 0 Å². The molecule has 0 spiro atoms. The van der Waals surface area contributed by atoms with Crippen LogP contribution < -0.4 is 4.72 Å². The van der Waals surface area contributed by atoms with Gasteiger partial charge in [-0.15, -0.1) is 5.10 Å². The van der Waals surface area contributed by atoms with Crippen molar-refractivity contribution < 1.29 is 13.2 Å². The van der Waals surface area contributed by atoms with E-state index in [0.29, 0.717) is 16.3 Å². The summed E-state index contributed by atoms with van der Waals surface area (Å²) in [6.07, 6.45) is 1.34. The van der Waals surface area contributed by atoms with E-state index in [1.165, 1.54) is 29.2 Å². The molecule has 8 nitrogen and oxygen atoms in total. The van der Waals surface area contributed by atoms with Gasteiger partial charge in [0.15, 0.2) is 0 Å². The maximum atomic E-state index is 12.7. The molecule has 0 fully saturated rings. The highest BCUT2D eigenvalue weighted by molar-refractivity contribution is 7.90. The zero-order valence-electron chi connectivity index (χ0n) is 14.5. The average Bonchev–Trinajstić information content (AvgIpc) is 3.16. The summed E-state index contributed by atoms with van der Waals surface area (Å²) in [6, 6.07) is 12.7. The van der Waals surface area contributed by atoms with E-state index in [4.69, 9.17) is 11.6 Å². The Bertz CT molecular complexity index is 1080. The summed E-state index contributed by atoms with van der Waals surface area (Å²) in [7, 11) is -4.09. The highest BCUT2D eigenvalue weighted by Gasteiger charge is 2.33. The smallest absolute Gasteiger partial charge is 0.264 e. The molecular formula is C17H16ClN5O3S. The average molecular weight is 406 g/mol. The van der Waals surface area contributed by atoms with Crippen LogP contribution in [0.2, 0.25) is 5.02 Å². The van der Waals surface area contributed by atoms with Crippen LogP contribution in [0.4, 0.5) is 0 Å². The first-order chi connectivity index (χ1) is 12.7. The van der Waals surface area contributed by atoms with E-state index in [1.807, 2.05) is 0 Å². The highest BCUT2D eigenvalue weighted by atomic mass is 35.5. The van der Waals surface area contributed by atoms with Crippen molar-refractivity contribution in [3.63, 3.8) is 0 Å². The summed E-state index contributed by atoms with van der Waals surface area (Å²) >= 11 is 5.98. The van der Waals surface area contributed by atoms with Crippen molar-refractivity contribution in [3.8, 4) is 5.69 Å². The topological polar surface area (TPSA) is 107 Å². The molecule has 0 aliphatic carbocycles. The summed E-state index contributed by atoms with van der Waals surface area (Å²) in [4.78, 5) is 12.6. The number of aromatic nitrogens is 4. The number of carbonyl (C=O) groups excluding carboxylic acids is 1. The van der Waals surface area contributed by atoms with E-state index < -0.39 is 21.3 Å². The molecule has 0 bridgehead atoms. The molecule has 2 aromatic carbocycles. The Hall–Kier alpha value is -2.78. The normalized spacial score (nSPS) is 12.0. The van der Waals surface area contributed by atoms with Crippen LogP contribution in [-0.4, -0.2) is 34.5 Å². The molecule has 0 aliphatic rings. The van der Waals surface area contributed by atoms with Crippen molar-refractivity contribution in [1.82, 2.24) is 24.9 Å². The number of nitrogens with zero attached hydrogens (tertiary/aromatic N) is 4. The maximum absolute atomic E-state index is 12.7. The molecule has 1 heterocycles. The largest absolute Gasteiger partial charge is 0.273 e. The van der Waals surface area contributed by atoms with Crippen LogP contribution >= 0.6 is 11.6 Å². The number of carbonyl (C=O) groups is 1. The summed E-state index contributed by atoms with van der Waals surface area (Å²) < 4.78 is 28.8. The van der Waals surface area contributed by atoms with Gasteiger partial charge in [0, 0.05) is 5.02 Å². The second-order valence-corrected chi connectivity index (χ2v) is 8.44. The Kier molecular flexibility index (Phi) is 4.99. The first kappa shape index (κ1) is 19.0. The molecule has 3 rings (SSSR count). The molecule has 0 unspecified atom stereocenters. The number of hydrogen-bond donors (Lipinski definition) is 1. The zero-order valence-corrected chi connectivity index (χ0v) is 16.1. The lowest BCUT2D eigenvalue weighted by Crippen LogP contribution is -2.43. The Morgan fingerprint density at radius 3 is 2.56 bits per heavy atom. The number of hydrogen-bond acceptors (Lipinski definition) is 6. The monoisotopic (exact) mass is 405 g/mol. The van der Waals surface area contributed by atoms with Crippen LogP contribution in [0.15, 0.2) is 59.8 Å². The fraction of sp³-hybridized carbons (Fsp3) is 0.176. The van der Waals surface area contributed by atoms with Gasteiger partial charge in [-0.2, -0.15) is 0 Å². The first-order valence-electron chi connectivity index (χ1n) is 7.87. The Balaban J connectivity index is 1.88. The lowest BCUT2D eigenvalue weighted by Gasteiger charge is -2.24. The van der Waals surface area contributed by atoms with Crippen LogP contribution in [0.3, 0.4) is 0 Å². The fourth-order valence-electron chi connectivity index (χ4n) is 2.39. The van der Waals surface area contributed by atoms with Crippen molar-refractivity contribution in [2.24, 2.45) is 0 Å². The lowest BCUT2D eigenvalue weighted by molar-refractivity contribution is -0.123. The minimum Gasteiger partial charge on any atom is -0.273 e. The zero-order chi connectivity index (χ0) is 19.7. The van der Waals surface area contributed by atoms with Crippen LogP contribution in [0.1, 0.15) is 19.4 Å². The number of amides is 1. The van der Waals surface area contributed by atoms with Gasteiger partial charge in [0.1, 0.15) is 6.33 Å². The number of nitrogens with one attached hydrogen (secondary N) is 1. The second-order valence-electron chi connectivity index (χ2n) is 6.32. The van der Waals surface area contributed by atoms with Gasteiger partial charge in [-0.25, -0.2) is 17.8 Å². The summed E-state index contributed by atoms with van der Waals surface area (Å²) in [6.45, 7) is 3.25. The van der Waals surface area contributed by atoms with Gasteiger partial charge < -0.3 is 0 Å². The number of sulfonamides is 1. The fourth-order valence-corrected chi connectivity index (χ4v) is 3.73. The molecule has 140 valence electrons. The first-order valence-corrected chi connectivity index (χ1v) is 9.73. The highest BCUT2D eigenvalue weighted by Crippen LogP contribution is 2.26. The quantitative estimate of drug-likeness (QED) is 0.696. The molecule has 1 aromatic heterocycles. The third kappa shape index (κ3) is 3.99. The van der Waals surface area contributed by atoms with Crippen molar-refractivity contribution in [2.75, 3.05) is 0 Å². The molecule has 10 heteroatoms. The predicted molar refractivity (Wildman–Crippen MR) is 99.0 cm³/mol. The van der Waals surface area contributed by atoms with Crippen molar-refractivity contribution in [1.29, 1.82) is 0 Å². The molecule has 0 atom stereocenters. The summed E-state index contributed by atoms with van der Waals surface area (Å²) in [5.41, 5.74) is -0.0552. The van der Waals surface area contributed by atoms with Gasteiger partial charge in [-0.3, -0.25) is 4.79 Å². The van der Waals surface area contributed by atoms with Crippen LogP contribution in [0.5, 0.6) is 0 Å². The molecular weight excluding hydrogens is 390 g/mol. The van der Waals surface area contributed by atoms with E-state index in [0.717, 1.165) is 0 Å². The van der Waals surface area contributed by atoms with E-state index in [1.54, 1.807) is 44.2 Å². The van der Waals surface area contributed by atoms with Gasteiger partial charge in [0.2, 0.25) is 5.91 Å². The molecule has 0 aliphatic heterocycles. The molecule has 1 N–H and O–H groups in total. The number of benzene rings is 2. The Morgan fingerprint density at radius 1 is 1.15 bits per heavy atom. The molecule has 0 saturated heterocycles. The second kappa shape index (κ2) is 7.09. The minimum absolute atomic E-state index is 0.0780. The minimum atomic E-state index is -4.09. The molecule has 0 radical (unpaired) electrons. The third-order valence-electron chi connectivity index (χ3n) is 4.08. The van der Waals surface area contributed by atoms with E-state index in [2.05, 4.69) is 20.2 Å². The third-order valence-corrected chi connectivity index (χ3v) is 5.65. The van der Waals surface area contributed by atoms with Crippen LogP contribution in [0.25, 0.3) is 5.69 Å². The molecule has 0 saturated carbocycles. The number of halogens is 1.